The van der Waals surface area contributed by atoms with Gasteiger partial charge in [0.2, 0.25) is 0 Å². The molecule has 3 aromatic rings. The van der Waals surface area contributed by atoms with Crippen molar-refractivity contribution in [2.45, 2.75) is 126 Å². The molecule has 3 aromatic carbocycles. The lowest BCUT2D eigenvalue weighted by Gasteiger charge is -2.07. The maximum Gasteiger partial charge on any atom is -0.00726 e. The highest BCUT2D eigenvalue weighted by atomic mass is 14.0. The van der Waals surface area contributed by atoms with E-state index in [9.17, 15) is 0 Å². The van der Waals surface area contributed by atoms with Crippen LogP contribution >= 0.6 is 0 Å². The maximum atomic E-state index is 3.85. The average Bonchev–Trinajstić information content (AvgIpc) is 2.80. The molecular formula is C38H72. The van der Waals surface area contributed by atoms with Crippen molar-refractivity contribution in [1.82, 2.24) is 0 Å². The number of rotatable bonds is 3. The molecule has 0 aliphatic carbocycles. The Balaban J connectivity index is -0.0000000518. The van der Waals surface area contributed by atoms with E-state index in [0.717, 1.165) is 6.42 Å². The molecule has 3 rings (SSSR count). The van der Waals surface area contributed by atoms with Gasteiger partial charge in [-0.15, -0.1) is 0 Å². The molecule has 0 N–H and O–H groups in total. The van der Waals surface area contributed by atoms with Crippen LogP contribution in [-0.2, 0) is 6.42 Å². The predicted molar refractivity (Wildman–Crippen MR) is 189 cm³/mol. The third-order valence-corrected chi connectivity index (χ3v) is 4.58. The monoisotopic (exact) mass is 529 g/mol. The van der Waals surface area contributed by atoms with E-state index in [4.69, 9.17) is 0 Å². The molecule has 0 radical (unpaired) electrons. The average molecular weight is 529 g/mol. The minimum absolute atomic E-state index is 0. The number of benzene rings is 3. The molecule has 38 heavy (non-hydrogen) atoms. The second-order valence-corrected chi connectivity index (χ2v) is 7.72. The van der Waals surface area contributed by atoms with Crippen molar-refractivity contribution < 1.29 is 0 Å². The standard InChI is InChI=1S/C10H14.C10H12.C8H10.2C2H6.6CH4/c1-8(2)10-7-5-4-6-9(10)3;1-9(2)8-10-6-4-3-5-7-10;1-7-5-3-4-6-8(7)2;2*1-2;;;;;;/h4-8H,1-3H3;3-7H,1,8H2,2H3;3-6H,1-2H3;2*1-2H3;6*1H4. The van der Waals surface area contributed by atoms with E-state index in [0.29, 0.717) is 5.92 Å². The van der Waals surface area contributed by atoms with Gasteiger partial charge in [0.25, 0.3) is 0 Å². The predicted octanol–water partition coefficient (Wildman–Crippen LogP) is 14.1. The summed E-state index contributed by atoms with van der Waals surface area (Å²) < 4.78 is 0. The first-order valence-corrected chi connectivity index (χ1v) is 12.1. The molecule has 0 fully saturated rings. The van der Waals surface area contributed by atoms with E-state index in [1.165, 1.54) is 33.4 Å². The van der Waals surface area contributed by atoms with Crippen molar-refractivity contribution in [3.63, 3.8) is 0 Å². The molecule has 0 bridgehead atoms. The summed E-state index contributed by atoms with van der Waals surface area (Å²) in [4.78, 5) is 0. The second-order valence-electron chi connectivity index (χ2n) is 7.72. The zero-order chi connectivity index (χ0) is 24.9. The van der Waals surface area contributed by atoms with Crippen LogP contribution in [0.25, 0.3) is 0 Å². The third kappa shape index (κ3) is 28.0. The van der Waals surface area contributed by atoms with Crippen LogP contribution in [0.15, 0.2) is 91.0 Å². The molecular weight excluding hydrogens is 456 g/mol. The topological polar surface area (TPSA) is 0 Å². The van der Waals surface area contributed by atoms with Crippen LogP contribution in [0.5, 0.6) is 0 Å². The summed E-state index contributed by atoms with van der Waals surface area (Å²) in [6.07, 6.45) is 1.00. The summed E-state index contributed by atoms with van der Waals surface area (Å²) in [7, 11) is 0. The SMILES string of the molecule is C.C.C.C.C.C.C=C(C)Cc1ccccc1.CC.CC.Cc1ccccc1C.Cc1ccccc1C(C)C. The lowest BCUT2D eigenvalue weighted by Crippen LogP contribution is -1.89. The van der Waals surface area contributed by atoms with Gasteiger partial charge in [0.05, 0.1) is 0 Å². The smallest absolute Gasteiger partial charge is 0.00726 e. The van der Waals surface area contributed by atoms with Gasteiger partial charge >= 0.3 is 0 Å². The lowest BCUT2D eigenvalue weighted by atomic mass is 9.99. The van der Waals surface area contributed by atoms with Crippen LogP contribution < -0.4 is 0 Å². The van der Waals surface area contributed by atoms with E-state index < -0.39 is 0 Å². The second kappa shape index (κ2) is 36.6. The normalized spacial score (nSPS) is 7.45. The van der Waals surface area contributed by atoms with Gasteiger partial charge in [-0.2, -0.15) is 0 Å². The van der Waals surface area contributed by atoms with Crippen molar-refractivity contribution in [3.8, 4) is 0 Å². The Morgan fingerprint density at radius 1 is 0.553 bits per heavy atom. The van der Waals surface area contributed by atoms with E-state index in [1.807, 2.05) is 40.7 Å². The van der Waals surface area contributed by atoms with Gasteiger partial charge in [-0.1, -0.05) is 177 Å². The summed E-state index contributed by atoms with van der Waals surface area (Å²) in [6.45, 7) is 24.8. The Hall–Kier alpha value is -2.60. The molecule has 0 aliphatic rings. The molecule has 0 amide bonds. The Bertz CT molecular complexity index is 804. The van der Waals surface area contributed by atoms with Crippen LogP contribution in [0.4, 0.5) is 0 Å². The molecule has 0 aromatic heterocycles. The van der Waals surface area contributed by atoms with Gasteiger partial charge in [0.15, 0.2) is 0 Å². The van der Waals surface area contributed by atoms with Gasteiger partial charge in [0, 0.05) is 0 Å². The first-order valence-electron chi connectivity index (χ1n) is 12.1. The van der Waals surface area contributed by atoms with Crippen molar-refractivity contribution in [2.24, 2.45) is 0 Å². The van der Waals surface area contributed by atoms with Crippen LogP contribution in [0.2, 0.25) is 0 Å². The molecule has 0 nitrogen and oxygen atoms in total. The van der Waals surface area contributed by atoms with Crippen molar-refractivity contribution in [1.29, 1.82) is 0 Å². The molecule has 0 atom stereocenters. The fraction of sp³-hybridized carbons (Fsp3) is 0.474. The fourth-order valence-corrected chi connectivity index (χ4v) is 2.84. The maximum absolute atomic E-state index is 3.85. The quantitative estimate of drug-likeness (QED) is 0.296. The van der Waals surface area contributed by atoms with Gasteiger partial charge < -0.3 is 0 Å². The van der Waals surface area contributed by atoms with Crippen LogP contribution in [-0.4, -0.2) is 0 Å². The summed E-state index contributed by atoms with van der Waals surface area (Å²) >= 11 is 0. The number of allylic oxidation sites excluding steroid dienone is 1. The highest BCUT2D eigenvalue weighted by Gasteiger charge is 1.99. The van der Waals surface area contributed by atoms with Crippen molar-refractivity contribution in [2.75, 3.05) is 0 Å². The first kappa shape index (κ1) is 55.8. The van der Waals surface area contributed by atoms with Gasteiger partial charge in [-0.25, -0.2) is 0 Å². The van der Waals surface area contributed by atoms with E-state index >= 15 is 0 Å². The van der Waals surface area contributed by atoms with Crippen LogP contribution in [0, 0.1) is 20.8 Å². The van der Waals surface area contributed by atoms with Gasteiger partial charge in [-0.3, -0.25) is 0 Å². The minimum atomic E-state index is 0. The van der Waals surface area contributed by atoms with Crippen LogP contribution in [0.1, 0.15) is 127 Å². The zero-order valence-electron chi connectivity index (χ0n) is 22.5. The van der Waals surface area contributed by atoms with E-state index in [2.05, 4.69) is 114 Å². The highest BCUT2D eigenvalue weighted by Crippen LogP contribution is 2.17. The lowest BCUT2D eigenvalue weighted by molar-refractivity contribution is 0.856. The number of aryl methyl sites for hydroxylation is 3. The zero-order valence-corrected chi connectivity index (χ0v) is 22.5. The Morgan fingerprint density at radius 3 is 1.13 bits per heavy atom. The van der Waals surface area contributed by atoms with Crippen molar-refractivity contribution in [3.05, 3.63) is 119 Å². The van der Waals surface area contributed by atoms with Gasteiger partial charge in [0.1, 0.15) is 0 Å². The minimum Gasteiger partial charge on any atom is -0.0998 e. The molecule has 0 spiro atoms. The number of hydrogen-bond donors (Lipinski definition) is 0. The van der Waals surface area contributed by atoms with E-state index in [-0.39, 0.29) is 44.6 Å². The Morgan fingerprint density at radius 2 is 0.868 bits per heavy atom. The Kier molecular flexibility index (Phi) is 53.7. The molecule has 0 saturated heterocycles. The summed E-state index contributed by atoms with van der Waals surface area (Å²) in [5.41, 5.74) is 8.15. The summed E-state index contributed by atoms with van der Waals surface area (Å²) in [6, 6.07) is 27.3. The summed E-state index contributed by atoms with van der Waals surface area (Å²) in [5.74, 6) is 0.654. The molecule has 0 heterocycles. The van der Waals surface area contributed by atoms with E-state index in [1.54, 1.807) is 0 Å². The third-order valence-electron chi connectivity index (χ3n) is 4.58. The molecule has 224 valence electrons. The molecule has 0 unspecified atom stereocenters. The largest absolute Gasteiger partial charge is 0.0998 e. The summed E-state index contributed by atoms with van der Waals surface area (Å²) in [5, 5.41) is 0. The first-order chi connectivity index (χ1) is 15.3. The van der Waals surface area contributed by atoms with Crippen LogP contribution in [0.3, 0.4) is 0 Å². The molecule has 0 heteroatoms. The fourth-order valence-electron chi connectivity index (χ4n) is 2.84. The number of hydrogen-bond acceptors (Lipinski definition) is 0. The Labute approximate surface area is 244 Å². The molecule has 0 saturated carbocycles. The highest BCUT2D eigenvalue weighted by molar-refractivity contribution is 5.28. The molecule has 0 aliphatic heterocycles. The van der Waals surface area contributed by atoms with Gasteiger partial charge in [-0.05, 0) is 67.9 Å². The van der Waals surface area contributed by atoms with Crippen molar-refractivity contribution >= 4 is 0 Å².